The second kappa shape index (κ2) is 8.58. The smallest absolute Gasteiger partial charge is 0.269 e. The highest BCUT2D eigenvalue weighted by atomic mass is 32.2. The lowest BCUT2D eigenvalue weighted by Gasteiger charge is -2.26. The lowest BCUT2D eigenvalue weighted by atomic mass is 10.0. The number of hydrogen-bond acceptors (Lipinski definition) is 7. The average Bonchev–Trinajstić information content (AvgIpc) is 3.22. The number of nitro benzene ring substituents is 1. The maximum Gasteiger partial charge on any atom is 0.269 e. The van der Waals surface area contributed by atoms with Crippen molar-refractivity contribution < 1.29 is 22.8 Å². The van der Waals surface area contributed by atoms with E-state index in [1.54, 1.807) is 0 Å². The lowest BCUT2D eigenvalue weighted by molar-refractivity contribution is -0.384. The molecule has 0 aliphatic carbocycles. The van der Waals surface area contributed by atoms with Gasteiger partial charge in [0.25, 0.3) is 5.69 Å². The second-order valence-electron chi connectivity index (χ2n) is 7.25. The molecule has 0 radical (unpaired) electrons. The molecule has 4 rings (SSSR count). The van der Waals surface area contributed by atoms with Gasteiger partial charge < -0.3 is 9.47 Å². The molecule has 0 amide bonds. The van der Waals surface area contributed by atoms with Gasteiger partial charge in [0.1, 0.15) is 13.2 Å². The van der Waals surface area contributed by atoms with Crippen LogP contribution in [0.1, 0.15) is 24.4 Å². The molecule has 2 aliphatic rings. The van der Waals surface area contributed by atoms with Gasteiger partial charge in [0.05, 0.1) is 9.82 Å². The Kier molecular flexibility index (Phi) is 5.89. The van der Waals surface area contributed by atoms with Gasteiger partial charge in [-0.2, -0.15) is 0 Å². The minimum Gasteiger partial charge on any atom is -0.486 e. The van der Waals surface area contributed by atoms with E-state index in [0.29, 0.717) is 19.8 Å². The molecule has 9 nitrogen and oxygen atoms in total. The first-order valence-corrected chi connectivity index (χ1v) is 11.3. The van der Waals surface area contributed by atoms with Crippen LogP contribution in [0.5, 0.6) is 11.5 Å². The first kappa shape index (κ1) is 20.6. The van der Waals surface area contributed by atoms with Crippen LogP contribution < -0.4 is 14.2 Å². The van der Waals surface area contributed by atoms with Gasteiger partial charge >= 0.3 is 0 Å². The standard InChI is InChI=1S/C20H23N3O6S/c24-23(25)16-4-6-17(7-5-16)30(26,27)21-9-11-22-10-1-2-18(22)15-3-8-19-20(14-15)29-13-12-28-19/h3-8,14,18,21H,1-2,9-13H2. The molecule has 1 atom stereocenters. The molecule has 0 aromatic heterocycles. The summed E-state index contributed by atoms with van der Waals surface area (Å²) in [5.74, 6) is 1.51. The van der Waals surface area contributed by atoms with Crippen molar-refractivity contribution in [2.45, 2.75) is 23.8 Å². The number of nitrogens with zero attached hydrogens (tertiary/aromatic N) is 2. The summed E-state index contributed by atoms with van der Waals surface area (Å²) in [6.45, 7) is 2.79. The Morgan fingerprint density at radius 3 is 2.57 bits per heavy atom. The number of rotatable bonds is 7. The van der Waals surface area contributed by atoms with Crippen LogP contribution in [-0.2, 0) is 10.0 Å². The summed E-state index contributed by atoms with van der Waals surface area (Å²) in [4.78, 5) is 12.4. The predicted octanol–water partition coefficient (Wildman–Crippen LogP) is 2.48. The van der Waals surface area contributed by atoms with Crippen LogP contribution in [0.15, 0.2) is 47.4 Å². The van der Waals surface area contributed by atoms with E-state index in [1.165, 1.54) is 24.3 Å². The number of likely N-dealkylation sites (tertiary alicyclic amines) is 1. The van der Waals surface area contributed by atoms with Crippen molar-refractivity contribution in [3.8, 4) is 11.5 Å². The third kappa shape index (κ3) is 4.40. The number of ether oxygens (including phenoxy) is 2. The number of fused-ring (bicyclic) bond motifs is 1. The molecule has 1 unspecified atom stereocenters. The Morgan fingerprint density at radius 1 is 1.10 bits per heavy atom. The zero-order valence-electron chi connectivity index (χ0n) is 16.3. The molecule has 0 spiro atoms. The van der Waals surface area contributed by atoms with Gasteiger partial charge in [-0.15, -0.1) is 0 Å². The van der Waals surface area contributed by atoms with E-state index in [0.717, 1.165) is 36.4 Å². The summed E-state index contributed by atoms with van der Waals surface area (Å²) in [6, 6.07) is 11.0. The Balaban J connectivity index is 1.37. The summed E-state index contributed by atoms with van der Waals surface area (Å²) in [7, 11) is -3.72. The fraction of sp³-hybridized carbons (Fsp3) is 0.400. The van der Waals surface area contributed by atoms with E-state index < -0.39 is 14.9 Å². The number of nitro groups is 1. The summed E-state index contributed by atoms with van der Waals surface area (Å²) >= 11 is 0. The van der Waals surface area contributed by atoms with Gasteiger partial charge in [-0.25, -0.2) is 13.1 Å². The summed E-state index contributed by atoms with van der Waals surface area (Å²) in [6.07, 6.45) is 2.03. The fourth-order valence-electron chi connectivity index (χ4n) is 3.89. The van der Waals surface area contributed by atoms with Gasteiger partial charge in [-0.05, 0) is 49.2 Å². The van der Waals surface area contributed by atoms with E-state index in [2.05, 4.69) is 9.62 Å². The molecule has 1 fully saturated rings. The van der Waals surface area contributed by atoms with E-state index in [4.69, 9.17) is 9.47 Å². The van der Waals surface area contributed by atoms with Crippen molar-refractivity contribution in [2.75, 3.05) is 32.8 Å². The number of benzene rings is 2. The van der Waals surface area contributed by atoms with Crippen LogP contribution in [0.2, 0.25) is 0 Å². The van der Waals surface area contributed by atoms with Gasteiger partial charge in [-0.3, -0.25) is 15.0 Å². The van der Waals surface area contributed by atoms with E-state index in [9.17, 15) is 18.5 Å². The van der Waals surface area contributed by atoms with Crippen molar-refractivity contribution in [2.24, 2.45) is 0 Å². The molecule has 160 valence electrons. The number of hydrogen-bond donors (Lipinski definition) is 1. The largest absolute Gasteiger partial charge is 0.486 e. The fourth-order valence-corrected chi connectivity index (χ4v) is 4.91. The van der Waals surface area contributed by atoms with Gasteiger partial charge in [0.2, 0.25) is 10.0 Å². The SMILES string of the molecule is O=[N+]([O-])c1ccc(S(=O)(=O)NCCN2CCCC2c2ccc3c(c2)OCCO3)cc1. The summed E-state index contributed by atoms with van der Waals surface area (Å²) < 4.78 is 38.8. The quantitative estimate of drug-likeness (QED) is 0.527. The Labute approximate surface area is 174 Å². The van der Waals surface area contributed by atoms with Crippen LogP contribution >= 0.6 is 0 Å². The number of sulfonamides is 1. The topological polar surface area (TPSA) is 111 Å². The van der Waals surface area contributed by atoms with Crippen molar-refractivity contribution in [1.29, 1.82) is 0 Å². The molecule has 10 heteroatoms. The highest BCUT2D eigenvalue weighted by molar-refractivity contribution is 7.89. The molecule has 0 saturated carbocycles. The van der Waals surface area contributed by atoms with Crippen LogP contribution in [0.3, 0.4) is 0 Å². The number of nitrogens with one attached hydrogen (secondary N) is 1. The van der Waals surface area contributed by atoms with Gasteiger partial charge in [-0.1, -0.05) is 6.07 Å². The van der Waals surface area contributed by atoms with Crippen molar-refractivity contribution in [3.63, 3.8) is 0 Å². The minimum atomic E-state index is -3.72. The second-order valence-corrected chi connectivity index (χ2v) is 9.01. The van der Waals surface area contributed by atoms with Crippen LogP contribution in [-0.4, -0.2) is 51.1 Å². The monoisotopic (exact) mass is 433 g/mol. The molecule has 30 heavy (non-hydrogen) atoms. The first-order valence-electron chi connectivity index (χ1n) is 9.82. The molecule has 0 bridgehead atoms. The van der Waals surface area contributed by atoms with Crippen molar-refractivity contribution in [1.82, 2.24) is 9.62 Å². The zero-order chi connectivity index (χ0) is 21.1. The van der Waals surface area contributed by atoms with E-state index in [1.807, 2.05) is 18.2 Å². The average molecular weight is 433 g/mol. The predicted molar refractivity (Wildman–Crippen MR) is 109 cm³/mol. The minimum absolute atomic E-state index is 0.0120. The maximum atomic E-state index is 12.5. The van der Waals surface area contributed by atoms with Crippen molar-refractivity contribution >= 4 is 15.7 Å². The van der Waals surface area contributed by atoms with Crippen molar-refractivity contribution in [3.05, 3.63) is 58.1 Å². The molecular weight excluding hydrogens is 410 g/mol. The highest BCUT2D eigenvalue weighted by Crippen LogP contribution is 2.37. The third-order valence-electron chi connectivity index (χ3n) is 5.36. The maximum absolute atomic E-state index is 12.5. The third-order valence-corrected chi connectivity index (χ3v) is 6.84. The normalized spacial score (nSPS) is 19.0. The molecule has 1 saturated heterocycles. The van der Waals surface area contributed by atoms with Gasteiger partial charge in [0, 0.05) is 31.3 Å². The molecule has 1 N–H and O–H groups in total. The van der Waals surface area contributed by atoms with Crippen LogP contribution in [0.4, 0.5) is 5.69 Å². The van der Waals surface area contributed by atoms with Crippen LogP contribution in [0.25, 0.3) is 0 Å². The number of non-ortho nitro benzene ring substituents is 1. The molecule has 2 aromatic rings. The molecular formula is C20H23N3O6S. The Bertz CT molecular complexity index is 1030. The molecule has 2 heterocycles. The Morgan fingerprint density at radius 2 is 1.83 bits per heavy atom. The van der Waals surface area contributed by atoms with E-state index in [-0.39, 0.29) is 23.2 Å². The first-order chi connectivity index (χ1) is 14.4. The lowest BCUT2D eigenvalue weighted by Crippen LogP contribution is -2.34. The van der Waals surface area contributed by atoms with E-state index >= 15 is 0 Å². The molecule has 2 aliphatic heterocycles. The Hall–Kier alpha value is -2.69. The molecule has 2 aromatic carbocycles. The summed E-state index contributed by atoms with van der Waals surface area (Å²) in [5.41, 5.74) is 0.989. The summed E-state index contributed by atoms with van der Waals surface area (Å²) in [5, 5.41) is 10.7. The highest BCUT2D eigenvalue weighted by Gasteiger charge is 2.27. The zero-order valence-corrected chi connectivity index (χ0v) is 17.1. The van der Waals surface area contributed by atoms with Crippen LogP contribution in [0, 0.1) is 10.1 Å². The van der Waals surface area contributed by atoms with Gasteiger partial charge in [0.15, 0.2) is 11.5 Å².